The summed E-state index contributed by atoms with van der Waals surface area (Å²) in [5.41, 5.74) is -1.30. The van der Waals surface area contributed by atoms with Crippen molar-refractivity contribution in [3.63, 3.8) is 0 Å². The minimum atomic E-state index is -0.885. The first-order valence-electron chi connectivity index (χ1n) is 6.76. The van der Waals surface area contributed by atoms with Gasteiger partial charge in [0.1, 0.15) is 0 Å². The van der Waals surface area contributed by atoms with Gasteiger partial charge in [-0.3, -0.25) is 9.59 Å². The maximum atomic E-state index is 12.2. The van der Waals surface area contributed by atoms with E-state index < -0.39 is 22.8 Å². The maximum Gasteiger partial charge on any atom is 0.276 e. The van der Waals surface area contributed by atoms with E-state index in [2.05, 4.69) is 26.3 Å². The number of amides is 1. The summed E-state index contributed by atoms with van der Waals surface area (Å²) in [6.07, 6.45) is 0. The van der Waals surface area contributed by atoms with E-state index in [1.807, 2.05) is 0 Å². The first-order chi connectivity index (χ1) is 10.7. The highest BCUT2D eigenvalue weighted by Crippen LogP contribution is 2.16. The predicted molar refractivity (Wildman–Crippen MR) is 87.8 cm³/mol. The first-order valence-corrected chi connectivity index (χ1v) is 7.55. The van der Waals surface area contributed by atoms with Gasteiger partial charge >= 0.3 is 0 Å². The van der Waals surface area contributed by atoms with Crippen molar-refractivity contribution in [2.24, 2.45) is 0 Å². The summed E-state index contributed by atoms with van der Waals surface area (Å²) >= 11 is 3.29. The minimum Gasteiger partial charge on any atom is -0.505 e. The van der Waals surface area contributed by atoms with Crippen molar-refractivity contribution < 1.29 is 15.0 Å². The number of nitrogens with one attached hydrogen (secondary N) is 1. The van der Waals surface area contributed by atoms with E-state index in [9.17, 15) is 19.8 Å². The molecular formula is C15H16BrN3O4. The Morgan fingerprint density at radius 3 is 2.52 bits per heavy atom. The maximum absolute atomic E-state index is 12.2. The Balaban J connectivity index is 2.46. The number of aromatic nitrogens is 2. The van der Waals surface area contributed by atoms with Crippen molar-refractivity contribution in [1.82, 2.24) is 15.1 Å². The summed E-state index contributed by atoms with van der Waals surface area (Å²) in [6, 6.07) is 7.68. The Labute approximate surface area is 140 Å². The second-order valence-corrected chi connectivity index (χ2v) is 6.52. The number of aliphatic hydroxyl groups is 1. The molecule has 0 radical (unpaired) electrons. The molecule has 0 saturated carbocycles. The van der Waals surface area contributed by atoms with E-state index in [-0.39, 0.29) is 12.3 Å². The fourth-order valence-electron chi connectivity index (χ4n) is 1.78. The number of nitrogens with zero attached hydrogens (tertiary/aromatic N) is 2. The van der Waals surface area contributed by atoms with Gasteiger partial charge in [0.05, 0.1) is 17.8 Å². The van der Waals surface area contributed by atoms with Crippen molar-refractivity contribution in [3.8, 4) is 11.4 Å². The van der Waals surface area contributed by atoms with E-state index >= 15 is 0 Å². The van der Waals surface area contributed by atoms with Gasteiger partial charge in [-0.2, -0.15) is 9.78 Å². The molecule has 0 fully saturated rings. The molecule has 0 unspecified atom stereocenters. The second kappa shape index (κ2) is 6.51. The van der Waals surface area contributed by atoms with Gasteiger partial charge in [0, 0.05) is 10.5 Å². The standard InChI is InChI=1S/C15H16BrN3O4/c1-15(2,8-20)17-14(23)13-11(21)7-12(22)19(18-13)10-5-3-9(16)4-6-10/h3-7,20-21H,8H2,1-2H3,(H,17,23). The number of halogens is 1. The summed E-state index contributed by atoms with van der Waals surface area (Å²) in [5, 5.41) is 25.5. The second-order valence-electron chi connectivity index (χ2n) is 5.60. The fraction of sp³-hybridized carbons (Fsp3) is 0.267. The zero-order chi connectivity index (χ0) is 17.2. The fourth-order valence-corrected chi connectivity index (χ4v) is 2.05. The molecule has 8 heteroatoms. The Morgan fingerprint density at radius 1 is 1.35 bits per heavy atom. The molecule has 0 atom stereocenters. The van der Waals surface area contributed by atoms with Gasteiger partial charge in [0.2, 0.25) is 0 Å². The summed E-state index contributed by atoms with van der Waals surface area (Å²) < 4.78 is 1.85. The quantitative estimate of drug-likeness (QED) is 0.737. The third-order valence-electron chi connectivity index (χ3n) is 3.05. The van der Waals surface area contributed by atoms with Crippen LogP contribution in [-0.2, 0) is 0 Å². The normalized spacial score (nSPS) is 11.3. The number of benzene rings is 1. The average molecular weight is 382 g/mol. The van der Waals surface area contributed by atoms with Gasteiger partial charge in [0.15, 0.2) is 11.4 Å². The SMILES string of the molecule is CC(C)(CO)NC(=O)c1nn(-c2ccc(Br)cc2)c(=O)cc1O. The number of carbonyl (C=O) groups is 1. The topological polar surface area (TPSA) is 104 Å². The summed E-state index contributed by atoms with van der Waals surface area (Å²) in [6.45, 7) is 2.95. The molecule has 0 aliphatic rings. The number of carbonyl (C=O) groups excluding carboxylic acids is 1. The number of hydrogen-bond acceptors (Lipinski definition) is 5. The summed E-state index contributed by atoms with van der Waals surface area (Å²) in [4.78, 5) is 24.2. The molecule has 1 amide bonds. The number of hydrogen-bond donors (Lipinski definition) is 3. The van der Waals surface area contributed by atoms with E-state index in [4.69, 9.17) is 0 Å². The highest BCUT2D eigenvalue weighted by atomic mass is 79.9. The number of aliphatic hydroxyl groups excluding tert-OH is 1. The van der Waals surface area contributed by atoms with Crippen LogP contribution in [0.2, 0.25) is 0 Å². The van der Waals surface area contributed by atoms with Crippen LogP contribution in [-0.4, -0.2) is 38.0 Å². The monoisotopic (exact) mass is 381 g/mol. The molecule has 23 heavy (non-hydrogen) atoms. The summed E-state index contributed by atoms with van der Waals surface area (Å²) in [5.74, 6) is -1.21. The van der Waals surface area contributed by atoms with E-state index in [1.165, 1.54) is 0 Å². The van der Waals surface area contributed by atoms with Gasteiger partial charge in [-0.05, 0) is 38.1 Å². The third-order valence-corrected chi connectivity index (χ3v) is 3.57. The molecule has 2 aromatic rings. The van der Waals surface area contributed by atoms with Crippen LogP contribution in [0.15, 0.2) is 39.6 Å². The Bertz CT molecular complexity index is 784. The van der Waals surface area contributed by atoms with Crippen molar-refractivity contribution in [3.05, 3.63) is 50.9 Å². The van der Waals surface area contributed by atoms with Crippen LogP contribution in [0, 0.1) is 0 Å². The molecule has 7 nitrogen and oxygen atoms in total. The van der Waals surface area contributed by atoms with Crippen LogP contribution in [0.4, 0.5) is 0 Å². The minimum absolute atomic E-state index is 0.286. The molecule has 1 heterocycles. The van der Waals surface area contributed by atoms with Crippen molar-refractivity contribution in [2.45, 2.75) is 19.4 Å². The molecular weight excluding hydrogens is 366 g/mol. The Hall–Kier alpha value is -2.19. The zero-order valence-electron chi connectivity index (χ0n) is 12.6. The van der Waals surface area contributed by atoms with E-state index in [1.54, 1.807) is 38.1 Å². The number of rotatable bonds is 4. The molecule has 0 spiro atoms. The predicted octanol–water partition coefficient (Wildman–Crippen LogP) is 1.20. The molecule has 0 aliphatic carbocycles. The lowest BCUT2D eigenvalue weighted by molar-refractivity contribution is 0.0859. The Morgan fingerprint density at radius 2 is 1.96 bits per heavy atom. The van der Waals surface area contributed by atoms with Gasteiger partial charge in [-0.25, -0.2) is 0 Å². The first kappa shape index (κ1) is 17.2. The molecule has 122 valence electrons. The van der Waals surface area contributed by atoms with Gasteiger partial charge in [-0.1, -0.05) is 15.9 Å². The molecule has 1 aromatic heterocycles. The lowest BCUT2D eigenvalue weighted by atomic mass is 10.1. The van der Waals surface area contributed by atoms with Crippen LogP contribution in [0.5, 0.6) is 5.75 Å². The van der Waals surface area contributed by atoms with Gasteiger partial charge in [0.25, 0.3) is 11.5 Å². The molecule has 0 bridgehead atoms. The van der Waals surface area contributed by atoms with Crippen molar-refractivity contribution >= 4 is 21.8 Å². The van der Waals surface area contributed by atoms with Crippen LogP contribution >= 0.6 is 15.9 Å². The van der Waals surface area contributed by atoms with Crippen molar-refractivity contribution in [1.29, 1.82) is 0 Å². The molecule has 0 saturated heterocycles. The number of aromatic hydroxyl groups is 1. The smallest absolute Gasteiger partial charge is 0.276 e. The van der Waals surface area contributed by atoms with Crippen LogP contribution in [0.3, 0.4) is 0 Å². The molecule has 3 N–H and O–H groups in total. The van der Waals surface area contributed by atoms with Crippen molar-refractivity contribution in [2.75, 3.05) is 6.61 Å². The molecule has 2 rings (SSSR count). The van der Waals surface area contributed by atoms with Gasteiger partial charge in [-0.15, -0.1) is 0 Å². The Kier molecular flexibility index (Phi) is 4.86. The van der Waals surface area contributed by atoms with E-state index in [0.717, 1.165) is 15.2 Å². The lowest BCUT2D eigenvalue weighted by Crippen LogP contribution is -2.46. The highest BCUT2D eigenvalue weighted by Gasteiger charge is 2.24. The van der Waals surface area contributed by atoms with Crippen LogP contribution in [0.1, 0.15) is 24.3 Å². The highest BCUT2D eigenvalue weighted by molar-refractivity contribution is 9.10. The molecule has 0 aliphatic heterocycles. The molecule has 1 aromatic carbocycles. The van der Waals surface area contributed by atoms with Crippen LogP contribution in [0.25, 0.3) is 5.69 Å². The summed E-state index contributed by atoms with van der Waals surface area (Å²) in [7, 11) is 0. The van der Waals surface area contributed by atoms with Gasteiger partial charge < -0.3 is 15.5 Å². The van der Waals surface area contributed by atoms with Crippen LogP contribution < -0.4 is 10.9 Å². The third kappa shape index (κ3) is 3.96. The lowest BCUT2D eigenvalue weighted by Gasteiger charge is -2.23. The zero-order valence-corrected chi connectivity index (χ0v) is 14.2. The average Bonchev–Trinajstić information content (AvgIpc) is 2.48. The van der Waals surface area contributed by atoms with E-state index in [0.29, 0.717) is 5.69 Å². The largest absolute Gasteiger partial charge is 0.505 e.